The van der Waals surface area contributed by atoms with E-state index in [-0.39, 0.29) is 5.84 Å². The zero-order valence-corrected chi connectivity index (χ0v) is 11.6. The fraction of sp³-hybridized carbons (Fsp3) is 0.231. The van der Waals surface area contributed by atoms with Gasteiger partial charge in [-0.25, -0.2) is 4.98 Å². The molecule has 2 aromatic rings. The summed E-state index contributed by atoms with van der Waals surface area (Å²) in [6, 6.07) is 7.35. The number of methoxy groups -OCH3 is 1. The summed E-state index contributed by atoms with van der Waals surface area (Å²) in [7, 11) is 1.62. The molecule has 0 amide bonds. The van der Waals surface area contributed by atoms with Gasteiger partial charge in [0.05, 0.1) is 17.7 Å². The molecule has 19 heavy (non-hydrogen) atoms. The molecule has 3 N–H and O–H groups in total. The first-order valence-corrected chi connectivity index (χ1v) is 6.49. The van der Waals surface area contributed by atoms with Crippen molar-refractivity contribution in [1.82, 2.24) is 4.98 Å². The summed E-state index contributed by atoms with van der Waals surface area (Å²) in [6.45, 7) is 2.20. The van der Waals surface area contributed by atoms with E-state index in [1.807, 2.05) is 31.2 Å². The Morgan fingerprint density at radius 2 is 1.95 bits per heavy atom. The second-order valence-electron chi connectivity index (χ2n) is 3.90. The summed E-state index contributed by atoms with van der Waals surface area (Å²) in [5.41, 5.74) is 6.24. The lowest BCUT2D eigenvalue weighted by molar-refractivity contribution is 0.304. The molecule has 0 radical (unpaired) electrons. The summed E-state index contributed by atoms with van der Waals surface area (Å²) in [5.74, 6) is 1.58. The third kappa shape index (κ3) is 3.23. The molecule has 2 rings (SSSR count). The van der Waals surface area contributed by atoms with Crippen molar-refractivity contribution in [2.45, 2.75) is 13.5 Å². The number of hydrogen-bond donors (Lipinski definition) is 2. The number of nitrogens with one attached hydrogen (secondary N) is 1. The number of ether oxygens (including phenoxy) is 2. The quantitative estimate of drug-likeness (QED) is 0.649. The minimum atomic E-state index is 0.0469. The van der Waals surface area contributed by atoms with Crippen LogP contribution in [0.1, 0.15) is 15.6 Å². The van der Waals surface area contributed by atoms with E-state index in [9.17, 15) is 0 Å². The number of nitrogens with zero attached hydrogens (tertiary/aromatic N) is 1. The van der Waals surface area contributed by atoms with Crippen molar-refractivity contribution in [3.63, 3.8) is 0 Å². The van der Waals surface area contributed by atoms with Crippen molar-refractivity contribution in [3.05, 3.63) is 39.8 Å². The Morgan fingerprint density at radius 3 is 2.47 bits per heavy atom. The van der Waals surface area contributed by atoms with Gasteiger partial charge in [0.1, 0.15) is 28.9 Å². The molecule has 1 heterocycles. The van der Waals surface area contributed by atoms with Crippen molar-refractivity contribution >= 4 is 17.2 Å². The predicted molar refractivity (Wildman–Crippen MR) is 75.2 cm³/mol. The molecule has 0 fully saturated rings. The molecule has 0 saturated heterocycles. The first-order valence-electron chi connectivity index (χ1n) is 5.67. The van der Waals surface area contributed by atoms with Crippen molar-refractivity contribution in [3.8, 4) is 11.5 Å². The average molecular weight is 277 g/mol. The normalized spacial score (nSPS) is 10.2. The van der Waals surface area contributed by atoms with Crippen molar-refractivity contribution in [2.75, 3.05) is 7.11 Å². The highest BCUT2D eigenvalue weighted by atomic mass is 32.1. The molecule has 0 unspecified atom stereocenters. The molecule has 0 atom stereocenters. The summed E-state index contributed by atoms with van der Waals surface area (Å²) in [6.07, 6.45) is 0. The van der Waals surface area contributed by atoms with Gasteiger partial charge in [-0.05, 0) is 31.2 Å². The van der Waals surface area contributed by atoms with Gasteiger partial charge >= 0.3 is 0 Å². The van der Waals surface area contributed by atoms with Crippen LogP contribution < -0.4 is 15.2 Å². The number of hydrogen-bond acceptors (Lipinski definition) is 5. The first-order chi connectivity index (χ1) is 9.10. The topological polar surface area (TPSA) is 81.2 Å². The average Bonchev–Trinajstić information content (AvgIpc) is 2.78. The molecule has 0 aliphatic carbocycles. The maximum Gasteiger partial charge on any atom is 0.140 e. The molecule has 0 aliphatic heterocycles. The van der Waals surface area contributed by atoms with Crippen LogP contribution in [0, 0.1) is 12.3 Å². The largest absolute Gasteiger partial charge is 0.497 e. The smallest absolute Gasteiger partial charge is 0.140 e. The monoisotopic (exact) mass is 277 g/mol. The number of aromatic nitrogens is 1. The van der Waals surface area contributed by atoms with Gasteiger partial charge in [-0.15, -0.1) is 11.3 Å². The number of nitrogens with two attached hydrogens (primary N) is 1. The predicted octanol–water partition coefficient (Wildman–Crippen LogP) is 2.32. The number of thiazole rings is 1. The molecule has 0 saturated carbocycles. The fourth-order valence-corrected chi connectivity index (χ4v) is 2.42. The van der Waals surface area contributed by atoms with Crippen LogP contribution in [0.25, 0.3) is 0 Å². The van der Waals surface area contributed by atoms with Crippen LogP contribution >= 0.6 is 11.3 Å². The molecule has 0 spiro atoms. The lowest BCUT2D eigenvalue weighted by Crippen LogP contribution is -2.10. The van der Waals surface area contributed by atoms with Gasteiger partial charge in [0.15, 0.2) is 0 Å². The SMILES string of the molecule is COc1ccc(OCc2nc(C)c(C(=N)N)s2)cc1. The van der Waals surface area contributed by atoms with E-state index in [0.29, 0.717) is 11.5 Å². The Hall–Kier alpha value is -2.08. The second kappa shape index (κ2) is 5.71. The number of nitrogen functional groups attached to an aromatic ring is 1. The van der Waals surface area contributed by atoms with E-state index in [2.05, 4.69) is 4.98 Å². The molecular weight excluding hydrogens is 262 g/mol. The molecule has 100 valence electrons. The van der Waals surface area contributed by atoms with Gasteiger partial charge in [0.25, 0.3) is 0 Å². The zero-order chi connectivity index (χ0) is 13.8. The standard InChI is InChI=1S/C13H15N3O2S/c1-8-12(13(14)15)19-11(16-8)7-18-10-5-3-9(17-2)4-6-10/h3-6H,7H2,1-2H3,(H3,14,15). The number of aryl methyl sites for hydroxylation is 1. The van der Waals surface area contributed by atoms with E-state index in [4.69, 9.17) is 20.6 Å². The molecule has 6 heteroatoms. The summed E-state index contributed by atoms with van der Waals surface area (Å²) >= 11 is 1.38. The molecule has 0 aliphatic rings. The van der Waals surface area contributed by atoms with Crippen LogP contribution in [0.2, 0.25) is 0 Å². The summed E-state index contributed by atoms with van der Waals surface area (Å²) < 4.78 is 10.7. The van der Waals surface area contributed by atoms with Gasteiger partial charge in [-0.2, -0.15) is 0 Å². The van der Waals surface area contributed by atoms with Crippen LogP contribution in [0.5, 0.6) is 11.5 Å². The van der Waals surface area contributed by atoms with Gasteiger partial charge < -0.3 is 15.2 Å². The number of benzene rings is 1. The lowest BCUT2D eigenvalue weighted by Gasteiger charge is -2.04. The van der Waals surface area contributed by atoms with Crippen LogP contribution in [-0.4, -0.2) is 17.9 Å². The Morgan fingerprint density at radius 1 is 1.32 bits per heavy atom. The van der Waals surface area contributed by atoms with Gasteiger partial charge in [-0.1, -0.05) is 0 Å². The molecular formula is C13H15N3O2S. The van der Waals surface area contributed by atoms with E-state index in [1.54, 1.807) is 7.11 Å². The van der Waals surface area contributed by atoms with E-state index >= 15 is 0 Å². The van der Waals surface area contributed by atoms with E-state index in [1.165, 1.54) is 11.3 Å². The van der Waals surface area contributed by atoms with Crippen molar-refractivity contribution in [2.24, 2.45) is 5.73 Å². The third-order valence-corrected chi connectivity index (χ3v) is 3.67. The lowest BCUT2D eigenvalue weighted by atomic mass is 10.3. The van der Waals surface area contributed by atoms with Crippen LogP contribution in [0.15, 0.2) is 24.3 Å². The minimum Gasteiger partial charge on any atom is -0.497 e. The Balaban J connectivity index is 2.01. The highest BCUT2D eigenvalue weighted by Crippen LogP contribution is 2.21. The van der Waals surface area contributed by atoms with E-state index < -0.39 is 0 Å². The third-order valence-electron chi connectivity index (χ3n) is 2.51. The maximum atomic E-state index is 7.42. The minimum absolute atomic E-state index is 0.0469. The highest BCUT2D eigenvalue weighted by Gasteiger charge is 2.10. The first kappa shape index (κ1) is 13.4. The summed E-state index contributed by atoms with van der Waals surface area (Å²) in [4.78, 5) is 5.03. The zero-order valence-electron chi connectivity index (χ0n) is 10.8. The van der Waals surface area contributed by atoms with Crippen molar-refractivity contribution < 1.29 is 9.47 Å². The van der Waals surface area contributed by atoms with Crippen LogP contribution in [-0.2, 0) is 6.61 Å². The number of amidine groups is 1. The Kier molecular flexibility index (Phi) is 4.01. The Labute approximate surface area is 115 Å². The highest BCUT2D eigenvalue weighted by molar-refractivity contribution is 7.13. The molecule has 0 bridgehead atoms. The molecule has 1 aromatic heterocycles. The van der Waals surface area contributed by atoms with Crippen molar-refractivity contribution in [1.29, 1.82) is 5.41 Å². The fourth-order valence-electron chi connectivity index (χ4n) is 1.58. The van der Waals surface area contributed by atoms with Crippen LogP contribution in [0.4, 0.5) is 0 Å². The van der Waals surface area contributed by atoms with Gasteiger partial charge in [-0.3, -0.25) is 5.41 Å². The Bertz CT molecular complexity index is 578. The van der Waals surface area contributed by atoms with Gasteiger partial charge in [0.2, 0.25) is 0 Å². The van der Waals surface area contributed by atoms with E-state index in [0.717, 1.165) is 22.2 Å². The molecule has 1 aromatic carbocycles. The molecule has 5 nitrogen and oxygen atoms in total. The van der Waals surface area contributed by atoms with Gasteiger partial charge in [0, 0.05) is 0 Å². The summed E-state index contributed by atoms with van der Waals surface area (Å²) in [5, 5.41) is 8.23. The second-order valence-corrected chi connectivity index (χ2v) is 4.98. The maximum absolute atomic E-state index is 7.42. The van der Waals surface area contributed by atoms with Crippen LogP contribution in [0.3, 0.4) is 0 Å². The number of rotatable bonds is 5.